The molecule has 7 nitrogen and oxygen atoms in total. The Balaban J connectivity index is 1.66. The van der Waals surface area contributed by atoms with Crippen molar-refractivity contribution in [3.8, 4) is 5.88 Å². The fraction of sp³-hybridized carbons (Fsp3) is 0.286. The first-order valence-corrected chi connectivity index (χ1v) is 14.9. The van der Waals surface area contributed by atoms with E-state index in [2.05, 4.69) is 29.4 Å². The molecule has 0 spiro atoms. The Hall–Kier alpha value is -4.20. The molecule has 3 aromatic carbocycles. The van der Waals surface area contributed by atoms with Crippen LogP contribution < -0.4 is 15.0 Å². The zero-order chi connectivity index (χ0) is 30.6. The van der Waals surface area contributed by atoms with Gasteiger partial charge in [0.2, 0.25) is 17.9 Å². The predicted molar refractivity (Wildman–Crippen MR) is 169 cm³/mol. The lowest BCUT2D eigenvalue weighted by Crippen LogP contribution is -2.58. The number of hydrogen-bond donors (Lipinski definition) is 2. The topological polar surface area (TPSA) is 91.8 Å². The second-order valence-corrected chi connectivity index (χ2v) is 11.5. The number of halogens is 1. The number of unbranched alkanes of at least 4 members (excludes halogenated alkanes) is 1. The van der Waals surface area contributed by atoms with Gasteiger partial charge >= 0.3 is 5.97 Å². The van der Waals surface area contributed by atoms with Gasteiger partial charge in [-0.2, -0.15) is 0 Å². The fourth-order valence-corrected chi connectivity index (χ4v) is 5.97. The lowest BCUT2D eigenvalue weighted by molar-refractivity contribution is -0.149. The molecule has 43 heavy (non-hydrogen) atoms. The number of carboxylic acid groups (broad SMARTS) is 1. The van der Waals surface area contributed by atoms with Gasteiger partial charge in [-0.3, -0.25) is 10.1 Å². The van der Waals surface area contributed by atoms with Gasteiger partial charge in [0.15, 0.2) is 0 Å². The zero-order valence-corrected chi connectivity index (χ0v) is 25.4. The highest BCUT2D eigenvalue weighted by atomic mass is 35.5. The van der Waals surface area contributed by atoms with Crippen molar-refractivity contribution in [1.29, 1.82) is 0 Å². The number of rotatable bonds is 10. The summed E-state index contributed by atoms with van der Waals surface area (Å²) in [5, 5.41) is 14.5. The molecule has 1 aromatic heterocycles. The van der Waals surface area contributed by atoms with E-state index in [1.54, 1.807) is 29.2 Å². The minimum Gasteiger partial charge on any atom is -0.478 e. The predicted octanol–water partition coefficient (Wildman–Crippen LogP) is 6.61. The number of ether oxygens (including phenoxy) is 1. The summed E-state index contributed by atoms with van der Waals surface area (Å²) in [6.07, 6.45) is 1.75. The summed E-state index contributed by atoms with van der Waals surface area (Å²) in [5.74, 6) is -1.24. The molecule has 0 unspecified atom stereocenters. The maximum Gasteiger partial charge on any atom is 0.347 e. The Morgan fingerprint density at radius 2 is 1.77 bits per heavy atom. The van der Waals surface area contributed by atoms with Crippen LogP contribution >= 0.6 is 11.6 Å². The highest BCUT2D eigenvalue weighted by molar-refractivity contribution is 6.30. The van der Waals surface area contributed by atoms with E-state index in [1.165, 1.54) is 5.56 Å². The Kier molecular flexibility index (Phi) is 9.14. The van der Waals surface area contributed by atoms with Crippen LogP contribution in [-0.4, -0.2) is 34.6 Å². The van der Waals surface area contributed by atoms with Crippen LogP contribution in [0.25, 0.3) is 0 Å². The molecule has 0 radical (unpaired) electrons. The van der Waals surface area contributed by atoms with E-state index in [9.17, 15) is 14.7 Å². The van der Waals surface area contributed by atoms with Gasteiger partial charge in [-0.1, -0.05) is 79.5 Å². The van der Waals surface area contributed by atoms with Crippen LogP contribution in [0.1, 0.15) is 53.3 Å². The van der Waals surface area contributed by atoms with Crippen molar-refractivity contribution in [3.05, 3.63) is 123 Å². The van der Waals surface area contributed by atoms with Gasteiger partial charge in [-0.25, -0.2) is 9.78 Å². The maximum absolute atomic E-state index is 13.9. The summed E-state index contributed by atoms with van der Waals surface area (Å²) in [4.78, 5) is 33.2. The number of nitrogens with zero attached hydrogens (tertiary/aromatic N) is 2. The zero-order valence-electron chi connectivity index (χ0n) is 24.6. The summed E-state index contributed by atoms with van der Waals surface area (Å²) in [7, 11) is 0. The molecular formula is C35H36ClN3O4. The van der Waals surface area contributed by atoms with Gasteiger partial charge in [0.05, 0.1) is 13.1 Å². The Bertz CT molecular complexity index is 1590. The summed E-state index contributed by atoms with van der Waals surface area (Å²) < 4.78 is 6.28. The van der Waals surface area contributed by atoms with Crippen molar-refractivity contribution in [2.24, 2.45) is 0 Å². The molecular weight excluding hydrogens is 562 g/mol. The molecule has 2 heterocycles. The quantitative estimate of drug-likeness (QED) is 0.214. The van der Waals surface area contributed by atoms with Gasteiger partial charge in [0, 0.05) is 28.0 Å². The molecule has 8 heteroatoms. The van der Waals surface area contributed by atoms with Crippen molar-refractivity contribution in [1.82, 2.24) is 10.3 Å². The Morgan fingerprint density at radius 1 is 1.05 bits per heavy atom. The third-order valence-corrected chi connectivity index (χ3v) is 8.07. The molecule has 1 amide bonds. The van der Waals surface area contributed by atoms with Crippen molar-refractivity contribution >= 4 is 29.2 Å². The highest BCUT2D eigenvalue weighted by Crippen LogP contribution is 2.43. The number of nitrogens with one attached hydrogen (secondary N) is 1. The average molecular weight is 598 g/mol. The van der Waals surface area contributed by atoms with E-state index in [1.807, 2.05) is 62.4 Å². The lowest BCUT2D eigenvalue weighted by Gasteiger charge is -2.40. The SMILES string of the molecule is CCCCc1ccc(CN2C(=O)CN[C@](c3ccccc3)([C@H](Oc3cc(C)cc(C)n3)C(=O)O)c3cc(Cl)ccc32)cc1. The third kappa shape index (κ3) is 6.43. The van der Waals surface area contributed by atoms with Crippen LogP contribution in [0.2, 0.25) is 5.02 Å². The molecule has 2 atom stereocenters. The molecule has 1 aliphatic heterocycles. The average Bonchev–Trinajstić information content (AvgIpc) is 3.10. The second kappa shape index (κ2) is 13.0. The second-order valence-electron chi connectivity index (χ2n) is 11.0. The van der Waals surface area contributed by atoms with Crippen LogP contribution in [-0.2, 0) is 28.1 Å². The number of hydrogen-bond acceptors (Lipinski definition) is 5. The summed E-state index contributed by atoms with van der Waals surface area (Å²) >= 11 is 6.60. The summed E-state index contributed by atoms with van der Waals surface area (Å²) in [5.41, 5.74) is 4.01. The Morgan fingerprint density at radius 3 is 2.44 bits per heavy atom. The maximum atomic E-state index is 13.9. The summed E-state index contributed by atoms with van der Waals surface area (Å²) in [6, 6.07) is 26.3. The minimum absolute atomic E-state index is 0.136. The standard InChI is InChI=1S/C35H36ClN3O4/c1-4-5-9-25-12-14-26(15-13-25)22-39-30-17-16-28(36)20-29(30)35(37-21-32(39)40,27-10-7-6-8-11-27)33(34(41)42)43-31-19-23(2)18-24(3)38-31/h6-8,10-20,33,37H,4-5,9,21-22H2,1-3H3,(H,41,42)/t33-,35+/m1/s1. The van der Waals surface area contributed by atoms with E-state index in [0.29, 0.717) is 34.1 Å². The van der Waals surface area contributed by atoms with E-state index in [0.717, 1.165) is 30.4 Å². The molecule has 4 aromatic rings. The third-order valence-electron chi connectivity index (χ3n) is 7.84. The van der Waals surface area contributed by atoms with Crippen molar-refractivity contribution in [2.45, 2.75) is 58.2 Å². The molecule has 5 rings (SSSR count). The number of aromatic nitrogens is 1. The van der Waals surface area contributed by atoms with Gasteiger partial charge in [-0.15, -0.1) is 0 Å². The molecule has 0 saturated heterocycles. The first kappa shape index (κ1) is 30.3. The van der Waals surface area contributed by atoms with Crippen LogP contribution in [0, 0.1) is 13.8 Å². The number of aryl methyl sites for hydroxylation is 3. The van der Waals surface area contributed by atoms with Gasteiger partial charge in [0.25, 0.3) is 0 Å². The van der Waals surface area contributed by atoms with E-state index in [-0.39, 0.29) is 18.3 Å². The van der Waals surface area contributed by atoms with Crippen LogP contribution in [0.4, 0.5) is 5.69 Å². The van der Waals surface area contributed by atoms with Crippen LogP contribution in [0.3, 0.4) is 0 Å². The van der Waals surface area contributed by atoms with Gasteiger partial charge in [-0.05, 0) is 73.2 Å². The van der Waals surface area contributed by atoms with E-state index >= 15 is 0 Å². The number of carbonyl (C=O) groups is 2. The number of fused-ring (bicyclic) bond motifs is 1. The van der Waals surface area contributed by atoms with Crippen LogP contribution in [0.5, 0.6) is 5.88 Å². The fourth-order valence-electron chi connectivity index (χ4n) is 5.80. The lowest BCUT2D eigenvalue weighted by atomic mass is 9.77. The number of pyridine rings is 1. The van der Waals surface area contributed by atoms with E-state index < -0.39 is 17.6 Å². The van der Waals surface area contributed by atoms with Gasteiger partial charge in [0.1, 0.15) is 5.54 Å². The largest absolute Gasteiger partial charge is 0.478 e. The molecule has 1 aliphatic rings. The number of carbonyl (C=O) groups excluding carboxylic acids is 1. The number of amides is 1. The van der Waals surface area contributed by atoms with Crippen molar-refractivity contribution in [2.75, 3.05) is 11.4 Å². The molecule has 222 valence electrons. The highest BCUT2D eigenvalue weighted by Gasteiger charge is 2.52. The molecule has 0 saturated carbocycles. The van der Waals surface area contributed by atoms with Crippen molar-refractivity contribution in [3.63, 3.8) is 0 Å². The smallest absolute Gasteiger partial charge is 0.347 e. The van der Waals surface area contributed by atoms with Gasteiger partial charge < -0.3 is 14.7 Å². The Labute approximate surface area is 257 Å². The normalized spacial score (nSPS) is 17.2. The molecule has 0 bridgehead atoms. The van der Waals surface area contributed by atoms with Crippen molar-refractivity contribution < 1.29 is 19.4 Å². The van der Waals surface area contributed by atoms with Crippen LogP contribution in [0.15, 0.2) is 84.9 Å². The first-order chi connectivity index (χ1) is 20.7. The molecule has 2 N–H and O–H groups in total. The number of anilines is 1. The number of benzene rings is 3. The first-order valence-electron chi connectivity index (χ1n) is 14.5. The minimum atomic E-state index is -1.51. The molecule has 0 fully saturated rings. The van der Waals surface area contributed by atoms with E-state index in [4.69, 9.17) is 16.3 Å². The number of aliphatic carboxylic acids is 1. The summed E-state index contributed by atoms with van der Waals surface area (Å²) in [6.45, 7) is 6.07. The number of carboxylic acids is 1. The molecule has 0 aliphatic carbocycles. The monoisotopic (exact) mass is 597 g/mol.